The van der Waals surface area contributed by atoms with Crippen molar-refractivity contribution in [3.63, 3.8) is 0 Å². The minimum atomic E-state index is -0.649. The number of benzene rings is 3. The molecule has 0 saturated heterocycles. The summed E-state index contributed by atoms with van der Waals surface area (Å²) in [6.45, 7) is 4.05. The zero-order chi connectivity index (χ0) is 30.0. The number of methoxy groups -OCH3 is 1. The number of ether oxygens (including phenoxy) is 1. The predicted octanol–water partition coefficient (Wildman–Crippen LogP) is 6.96. The molecule has 5 rings (SSSR count). The van der Waals surface area contributed by atoms with Crippen LogP contribution in [0.4, 0.5) is 11.4 Å². The van der Waals surface area contributed by atoms with Crippen molar-refractivity contribution in [3.8, 4) is 11.8 Å². The van der Waals surface area contributed by atoms with Crippen LogP contribution in [-0.2, 0) is 16.3 Å². The number of ketones is 1. The molecule has 3 aromatic carbocycles. The number of carbonyl (C=O) groups is 1. The molecule has 2 aliphatic rings. The van der Waals surface area contributed by atoms with Crippen molar-refractivity contribution in [2.75, 3.05) is 12.0 Å². The van der Waals surface area contributed by atoms with Crippen LogP contribution in [0, 0.1) is 35.3 Å². The Labute approximate surface area is 249 Å². The molecule has 9 heteroatoms. The molecule has 0 amide bonds. The van der Waals surface area contributed by atoms with E-state index < -0.39 is 10.8 Å². The Morgan fingerprint density at radius 1 is 1.12 bits per heavy atom. The Morgan fingerprint density at radius 3 is 2.57 bits per heavy atom. The van der Waals surface area contributed by atoms with Gasteiger partial charge in [0.25, 0.3) is 5.69 Å². The first-order valence-corrected chi connectivity index (χ1v) is 14.9. The molecule has 0 aromatic heterocycles. The van der Waals surface area contributed by atoms with Gasteiger partial charge in [-0.1, -0.05) is 48.0 Å². The van der Waals surface area contributed by atoms with Crippen molar-refractivity contribution in [1.29, 1.82) is 5.26 Å². The number of thioether (sulfide) groups is 1. The van der Waals surface area contributed by atoms with Gasteiger partial charge in [0.05, 0.1) is 35.7 Å². The normalized spacial score (nSPS) is 16.8. The van der Waals surface area contributed by atoms with Crippen molar-refractivity contribution in [2.45, 2.75) is 50.5 Å². The second kappa shape index (κ2) is 12.1. The largest absolute Gasteiger partial charge is 0.496 e. The minimum Gasteiger partial charge on any atom is -0.496 e. The fourth-order valence-electron chi connectivity index (χ4n) is 5.90. The lowest BCUT2D eigenvalue weighted by Gasteiger charge is -2.40. The summed E-state index contributed by atoms with van der Waals surface area (Å²) in [6, 6.07) is 21.3. The summed E-state index contributed by atoms with van der Waals surface area (Å²) in [5.41, 5.74) is 13.3. The molecule has 3 aromatic rings. The van der Waals surface area contributed by atoms with Gasteiger partial charge in [-0.25, -0.2) is 0 Å². The van der Waals surface area contributed by atoms with Crippen LogP contribution in [0.5, 0.6) is 5.75 Å². The van der Waals surface area contributed by atoms with Crippen LogP contribution in [0.25, 0.3) is 0 Å². The maximum atomic E-state index is 13.7. The van der Waals surface area contributed by atoms with Gasteiger partial charge in [-0.2, -0.15) is 17.0 Å². The summed E-state index contributed by atoms with van der Waals surface area (Å²) in [5, 5.41) is 22.6. The summed E-state index contributed by atoms with van der Waals surface area (Å²) in [5.74, 6) is 1.35. The van der Waals surface area contributed by atoms with Crippen molar-refractivity contribution < 1.29 is 14.5 Å². The van der Waals surface area contributed by atoms with Crippen LogP contribution >= 0.6 is 11.8 Å². The summed E-state index contributed by atoms with van der Waals surface area (Å²) in [7, 11) is 1.44. The number of hydrogen-bond donors (Lipinski definition) is 1. The van der Waals surface area contributed by atoms with E-state index >= 15 is 0 Å². The number of Topliss-reactive ketones (excluding diaryl/α,β-unsaturated/α-hetero) is 1. The third-order valence-electron chi connectivity index (χ3n) is 7.91. The van der Waals surface area contributed by atoms with Gasteiger partial charge < -0.3 is 10.5 Å². The lowest BCUT2D eigenvalue weighted by atomic mass is 9.73. The summed E-state index contributed by atoms with van der Waals surface area (Å²) < 4.78 is 5.22. The molecule has 8 nitrogen and oxygen atoms in total. The van der Waals surface area contributed by atoms with Gasteiger partial charge in [0.2, 0.25) is 0 Å². The van der Waals surface area contributed by atoms with Crippen LogP contribution in [0.15, 0.2) is 83.3 Å². The van der Waals surface area contributed by atoms with E-state index in [9.17, 15) is 20.2 Å². The minimum absolute atomic E-state index is 0.0661. The van der Waals surface area contributed by atoms with Crippen LogP contribution in [0.3, 0.4) is 0 Å². The van der Waals surface area contributed by atoms with E-state index in [2.05, 4.69) is 24.3 Å². The van der Waals surface area contributed by atoms with Crippen LogP contribution < -0.4 is 15.4 Å². The molecule has 1 aliphatic heterocycles. The van der Waals surface area contributed by atoms with Crippen molar-refractivity contribution >= 4 is 28.9 Å². The third-order valence-corrected chi connectivity index (χ3v) is 8.97. The summed E-state index contributed by atoms with van der Waals surface area (Å²) in [4.78, 5) is 26.8. The second-order valence-corrected chi connectivity index (χ2v) is 11.5. The number of aryl methyl sites for hydroxylation is 1. The quantitative estimate of drug-likeness (QED) is 0.224. The number of nitriles is 1. The molecular formula is C33H32N4O4S. The Hall–Kier alpha value is -4.55. The van der Waals surface area contributed by atoms with E-state index in [1.807, 2.05) is 49.9 Å². The number of nitro benzene ring substituents is 1. The number of rotatable bonds is 8. The summed E-state index contributed by atoms with van der Waals surface area (Å²) >= 11 is 1.81. The van der Waals surface area contributed by atoms with E-state index in [0.29, 0.717) is 36.3 Å². The van der Waals surface area contributed by atoms with E-state index in [4.69, 9.17) is 10.5 Å². The molecule has 42 heavy (non-hydrogen) atoms. The maximum Gasteiger partial charge on any atom is 0.296 e. The van der Waals surface area contributed by atoms with Gasteiger partial charge in [-0.05, 0) is 61.1 Å². The first-order valence-electron chi connectivity index (χ1n) is 13.7. The van der Waals surface area contributed by atoms with E-state index in [1.165, 1.54) is 18.7 Å². The average Bonchev–Trinajstić information content (AvgIpc) is 2.98. The predicted molar refractivity (Wildman–Crippen MR) is 165 cm³/mol. The number of carbonyl (C=O) groups excluding carboxylic acids is 1. The highest BCUT2D eigenvalue weighted by molar-refractivity contribution is 7.97. The zero-order valence-electron chi connectivity index (χ0n) is 23.8. The van der Waals surface area contributed by atoms with E-state index in [-0.39, 0.29) is 28.6 Å². The molecule has 0 saturated carbocycles. The molecule has 1 unspecified atom stereocenters. The standard InChI is InChI=1S/C33H32N4O4S/c1-20-14-23(19-42-18-22-8-5-4-6-9-22)21(2)25(15-20)31-26(17-34)33(35)36(28-10-7-11-30(38)32(28)31)27-13-12-24(41-3)16-29(27)37(39)40/h4-6,8-9,12-16,31H,7,10-11,18-19,35H2,1-3H3. The molecule has 1 atom stereocenters. The monoisotopic (exact) mass is 580 g/mol. The number of nitro groups is 1. The first-order chi connectivity index (χ1) is 20.2. The number of nitrogens with two attached hydrogens (primary N) is 1. The Morgan fingerprint density at radius 2 is 1.88 bits per heavy atom. The Balaban J connectivity index is 1.63. The van der Waals surface area contributed by atoms with Crippen LogP contribution in [-0.4, -0.2) is 17.8 Å². The lowest BCUT2D eigenvalue weighted by molar-refractivity contribution is -0.384. The molecule has 0 bridgehead atoms. The number of hydrogen-bond acceptors (Lipinski definition) is 8. The molecular weight excluding hydrogens is 548 g/mol. The second-order valence-electron chi connectivity index (χ2n) is 10.5. The van der Waals surface area contributed by atoms with E-state index in [0.717, 1.165) is 33.8 Å². The van der Waals surface area contributed by atoms with Gasteiger partial charge in [0, 0.05) is 29.2 Å². The van der Waals surface area contributed by atoms with Crippen LogP contribution in [0.2, 0.25) is 0 Å². The molecule has 0 radical (unpaired) electrons. The highest BCUT2D eigenvalue weighted by atomic mass is 32.2. The average molecular weight is 581 g/mol. The van der Waals surface area contributed by atoms with Crippen LogP contribution in [0.1, 0.15) is 53.0 Å². The smallest absolute Gasteiger partial charge is 0.296 e. The fraction of sp³-hybridized carbons (Fsp3) is 0.273. The van der Waals surface area contributed by atoms with Gasteiger partial charge >= 0.3 is 0 Å². The van der Waals surface area contributed by atoms with Gasteiger partial charge in [-0.15, -0.1) is 0 Å². The van der Waals surface area contributed by atoms with Gasteiger partial charge in [-0.3, -0.25) is 19.8 Å². The Bertz CT molecular complexity index is 1670. The zero-order valence-corrected chi connectivity index (χ0v) is 24.7. The number of anilines is 1. The summed E-state index contributed by atoms with van der Waals surface area (Å²) in [6.07, 6.45) is 1.44. The first kappa shape index (κ1) is 29.0. The molecule has 0 spiro atoms. The maximum absolute atomic E-state index is 13.7. The van der Waals surface area contributed by atoms with Crippen molar-refractivity contribution in [1.82, 2.24) is 0 Å². The highest BCUT2D eigenvalue weighted by Gasteiger charge is 2.42. The molecule has 2 N–H and O–H groups in total. The molecule has 214 valence electrons. The highest BCUT2D eigenvalue weighted by Crippen LogP contribution is 2.49. The van der Waals surface area contributed by atoms with Gasteiger partial charge in [0.15, 0.2) is 5.78 Å². The third kappa shape index (κ3) is 5.38. The number of allylic oxidation sites excluding steroid dienone is 3. The topological polar surface area (TPSA) is 122 Å². The van der Waals surface area contributed by atoms with Crippen molar-refractivity contribution in [3.05, 3.63) is 121 Å². The lowest BCUT2D eigenvalue weighted by Crippen LogP contribution is -2.39. The Kier molecular flexibility index (Phi) is 8.36. The van der Waals surface area contributed by atoms with Gasteiger partial charge in [0.1, 0.15) is 17.3 Å². The number of nitrogens with zero attached hydrogens (tertiary/aromatic N) is 3. The molecule has 0 fully saturated rings. The fourth-order valence-corrected chi connectivity index (χ4v) is 6.95. The van der Waals surface area contributed by atoms with E-state index in [1.54, 1.807) is 17.0 Å². The SMILES string of the molecule is COc1ccc(N2C(N)=C(C#N)C(c3cc(C)cc(CSCc4ccccc4)c3C)C3=C2CCCC3=O)c([N+](=O)[O-])c1. The molecule has 1 aliphatic carbocycles. The van der Waals surface area contributed by atoms with Crippen molar-refractivity contribution in [2.24, 2.45) is 5.73 Å². The molecule has 1 heterocycles.